The van der Waals surface area contributed by atoms with Crippen LogP contribution in [0.2, 0.25) is 0 Å². The number of fused-ring (bicyclic) bond motifs is 5. The first kappa shape index (κ1) is 22.6. The van der Waals surface area contributed by atoms with Crippen LogP contribution in [0.4, 0.5) is 0 Å². The molecule has 0 bridgehead atoms. The standard InChI is InChI=1S/C29H35NO3/c1-27-13-10-26-24(25(27)11-15-29(27,33)12-2-16-31)8-7-22-17-23(32)9-14-28(22,26)18-20-3-5-21(19-30)6-4-20/h2-6,12,17,24-26,31,33H,7-11,13-16,18H2,1H3/b12-2-/t24-,25-,26-,27-,28+,29-/m0/s1. The summed E-state index contributed by atoms with van der Waals surface area (Å²) in [6, 6.07) is 10.2. The van der Waals surface area contributed by atoms with Gasteiger partial charge in [-0.05, 0) is 98.3 Å². The Morgan fingerprint density at radius 3 is 2.58 bits per heavy atom. The summed E-state index contributed by atoms with van der Waals surface area (Å²) in [5, 5.41) is 30.1. The lowest BCUT2D eigenvalue weighted by molar-refractivity contribution is -0.121. The fourth-order valence-corrected chi connectivity index (χ4v) is 8.33. The molecule has 4 heteroatoms. The molecule has 2 N–H and O–H groups in total. The highest BCUT2D eigenvalue weighted by atomic mass is 16.3. The van der Waals surface area contributed by atoms with E-state index in [-0.39, 0.29) is 23.2 Å². The summed E-state index contributed by atoms with van der Waals surface area (Å²) >= 11 is 0. The van der Waals surface area contributed by atoms with E-state index in [0.29, 0.717) is 29.7 Å². The van der Waals surface area contributed by atoms with Crippen molar-refractivity contribution >= 4 is 5.78 Å². The zero-order valence-corrected chi connectivity index (χ0v) is 19.6. The number of hydrogen-bond donors (Lipinski definition) is 2. The molecule has 4 nitrogen and oxygen atoms in total. The molecule has 0 spiro atoms. The zero-order chi connectivity index (χ0) is 23.3. The van der Waals surface area contributed by atoms with Gasteiger partial charge < -0.3 is 10.2 Å². The predicted molar refractivity (Wildman–Crippen MR) is 127 cm³/mol. The normalized spacial score (nSPS) is 40.0. The van der Waals surface area contributed by atoms with Crippen LogP contribution in [-0.4, -0.2) is 28.2 Å². The molecule has 4 aliphatic rings. The van der Waals surface area contributed by atoms with Gasteiger partial charge in [-0.1, -0.05) is 36.8 Å². The number of benzene rings is 1. The Morgan fingerprint density at radius 2 is 1.85 bits per heavy atom. The molecule has 1 aromatic carbocycles. The lowest BCUT2D eigenvalue weighted by Crippen LogP contribution is -2.55. The molecule has 0 unspecified atom stereocenters. The van der Waals surface area contributed by atoms with Crippen molar-refractivity contribution < 1.29 is 15.0 Å². The van der Waals surface area contributed by atoms with E-state index in [9.17, 15) is 20.3 Å². The average Bonchev–Trinajstić information content (AvgIpc) is 3.09. The van der Waals surface area contributed by atoms with Crippen LogP contribution in [0.1, 0.15) is 69.4 Å². The summed E-state index contributed by atoms with van der Waals surface area (Å²) in [7, 11) is 0. The van der Waals surface area contributed by atoms with Crippen molar-refractivity contribution in [3.63, 3.8) is 0 Å². The van der Waals surface area contributed by atoms with E-state index in [1.54, 1.807) is 6.08 Å². The highest BCUT2D eigenvalue weighted by Gasteiger charge is 2.63. The first-order valence-electron chi connectivity index (χ1n) is 12.6. The van der Waals surface area contributed by atoms with Crippen LogP contribution in [0, 0.1) is 39.9 Å². The van der Waals surface area contributed by atoms with E-state index in [1.807, 2.05) is 24.3 Å². The minimum atomic E-state index is -0.843. The van der Waals surface area contributed by atoms with Crippen LogP contribution >= 0.6 is 0 Å². The Labute approximate surface area is 197 Å². The Morgan fingerprint density at radius 1 is 1.09 bits per heavy atom. The van der Waals surface area contributed by atoms with E-state index in [2.05, 4.69) is 25.1 Å². The van der Waals surface area contributed by atoms with Crippen LogP contribution < -0.4 is 0 Å². The van der Waals surface area contributed by atoms with Gasteiger partial charge in [-0.3, -0.25) is 4.79 Å². The number of nitrogens with zero attached hydrogens (tertiary/aromatic N) is 1. The molecule has 6 atom stereocenters. The van der Waals surface area contributed by atoms with Gasteiger partial charge in [-0.25, -0.2) is 0 Å². The molecule has 174 valence electrons. The van der Waals surface area contributed by atoms with E-state index in [0.717, 1.165) is 51.4 Å². The highest BCUT2D eigenvalue weighted by Crippen LogP contribution is 2.68. The molecule has 0 amide bonds. The summed E-state index contributed by atoms with van der Waals surface area (Å²) in [6.07, 6.45) is 13.9. The minimum Gasteiger partial charge on any atom is -0.392 e. The number of nitriles is 1. The molecule has 0 radical (unpaired) electrons. The fourth-order valence-electron chi connectivity index (χ4n) is 8.33. The summed E-state index contributed by atoms with van der Waals surface area (Å²) < 4.78 is 0. The average molecular weight is 446 g/mol. The largest absolute Gasteiger partial charge is 0.392 e. The monoisotopic (exact) mass is 445 g/mol. The van der Waals surface area contributed by atoms with E-state index >= 15 is 0 Å². The third-order valence-electron chi connectivity index (χ3n) is 10.0. The third-order valence-corrected chi connectivity index (χ3v) is 10.0. The van der Waals surface area contributed by atoms with Crippen LogP contribution in [0.15, 0.2) is 48.1 Å². The minimum absolute atomic E-state index is 0.00790. The quantitative estimate of drug-likeness (QED) is 0.647. The molecular weight excluding hydrogens is 410 g/mol. The molecule has 0 aliphatic heterocycles. The molecule has 0 saturated heterocycles. The second-order valence-corrected chi connectivity index (χ2v) is 11.2. The molecule has 4 aliphatic carbocycles. The number of carbonyl (C=O) groups excluding carboxylic acids is 1. The second kappa shape index (κ2) is 8.22. The van der Waals surface area contributed by atoms with Gasteiger partial charge >= 0.3 is 0 Å². The lowest BCUT2D eigenvalue weighted by atomic mass is 9.45. The molecule has 1 aromatic rings. The van der Waals surface area contributed by atoms with Gasteiger partial charge in [0.05, 0.1) is 23.8 Å². The van der Waals surface area contributed by atoms with Crippen LogP contribution in [0.3, 0.4) is 0 Å². The SMILES string of the molecule is C[C@]12CC[C@H]3[C@@H](CCC4=CC(=O)CC[C@@]43Cc3ccc(C#N)cc3)[C@@H]1CC[C@@]2(O)/C=C\CO. The Bertz CT molecular complexity index is 1030. The molecule has 3 fully saturated rings. The Kier molecular flexibility index (Phi) is 5.62. The molecular formula is C29H35NO3. The number of carbonyl (C=O) groups is 1. The maximum atomic E-state index is 12.4. The highest BCUT2D eigenvalue weighted by molar-refractivity contribution is 5.91. The number of allylic oxidation sites excluding steroid dienone is 1. The first-order valence-corrected chi connectivity index (χ1v) is 12.6. The van der Waals surface area contributed by atoms with E-state index < -0.39 is 5.60 Å². The second-order valence-electron chi connectivity index (χ2n) is 11.2. The van der Waals surface area contributed by atoms with Crippen molar-refractivity contribution in [2.24, 2.45) is 28.6 Å². The maximum Gasteiger partial charge on any atom is 0.155 e. The number of ketones is 1. The van der Waals surface area contributed by atoms with Crippen molar-refractivity contribution in [2.45, 2.75) is 70.3 Å². The third kappa shape index (κ3) is 3.44. The van der Waals surface area contributed by atoms with Crippen LogP contribution in [-0.2, 0) is 11.2 Å². The van der Waals surface area contributed by atoms with Crippen molar-refractivity contribution in [1.29, 1.82) is 5.26 Å². The first-order chi connectivity index (χ1) is 15.8. The Hall–Kier alpha value is -2.22. The maximum absolute atomic E-state index is 12.4. The lowest BCUT2D eigenvalue weighted by Gasteiger charge is -2.60. The van der Waals surface area contributed by atoms with Crippen LogP contribution in [0.25, 0.3) is 0 Å². The molecule has 33 heavy (non-hydrogen) atoms. The number of aliphatic hydroxyl groups excluding tert-OH is 1. The molecule has 0 heterocycles. The van der Waals surface area contributed by atoms with Crippen molar-refractivity contribution in [2.75, 3.05) is 6.61 Å². The Balaban J connectivity index is 1.51. The summed E-state index contributed by atoms with van der Waals surface area (Å²) in [4.78, 5) is 12.4. The fraction of sp³-hybridized carbons (Fsp3) is 0.586. The summed E-state index contributed by atoms with van der Waals surface area (Å²) in [5.74, 6) is 1.79. The van der Waals surface area contributed by atoms with Crippen molar-refractivity contribution in [3.05, 3.63) is 59.2 Å². The number of hydrogen-bond acceptors (Lipinski definition) is 4. The van der Waals surface area contributed by atoms with Gasteiger partial charge in [-0.2, -0.15) is 5.26 Å². The smallest absolute Gasteiger partial charge is 0.155 e. The van der Waals surface area contributed by atoms with Crippen LogP contribution in [0.5, 0.6) is 0 Å². The summed E-state index contributed by atoms with van der Waals surface area (Å²) in [5.41, 5.74) is 2.28. The van der Waals surface area contributed by atoms with E-state index in [4.69, 9.17) is 0 Å². The van der Waals surface area contributed by atoms with E-state index in [1.165, 1.54) is 11.1 Å². The predicted octanol–water partition coefficient (Wildman–Crippen LogP) is 4.89. The summed E-state index contributed by atoms with van der Waals surface area (Å²) in [6.45, 7) is 2.23. The number of aliphatic hydroxyl groups is 2. The molecule has 3 saturated carbocycles. The van der Waals surface area contributed by atoms with Gasteiger partial charge in [0.2, 0.25) is 0 Å². The van der Waals surface area contributed by atoms with Crippen molar-refractivity contribution in [3.8, 4) is 6.07 Å². The topological polar surface area (TPSA) is 81.3 Å². The zero-order valence-electron chi connectivity index (χ0n) is 19.6. The molecule has 0 aromatic heterocycles. The van der Waals surface area contributed by atoms with Gasteiger partial charge in [0.1, 0.15) is 0 Å². The van der Waals surface area contributed by atoms with Crippen molar-refractivity contribution in [1.82, 2.24) is 0 Å². The van der Waals surface area contributed by atoms with Gasteiger partial charge in [0, 0.05) is 11.8 Å². The van der Waals surface area contributed by atoms with Gasteiger partial charge in [0.25, 0.3) is 0 Å². The number of rotatable bonds is 4. The van der Waals surface area contributed by atoms with Gasteiger partial charge in [0.15, 0.2) is 5.78 Å². The molecule has 5 rings (SSSR count). The van der Waals surface area contributed by atoms with Gasteiger partial charge in [-0.15, -0.1) is 0 Å².